The molecule has 7 nitrogen and oxygen atoms in total. The van der Waals surface area contributed by atoms with E-state index in [1.165, 1.54) is 11.1 Å². The van der Waals surface area contributed by atoms with Crippen LogP contribution in [0.4, 0.5) is 4.79 Å². The van der Waals surface area contributed by atoms with Crippen molar-refractivity contribution < 1.29 is 14.1 Å². The summed E-state index contributed by atoms with van der Waals surface area (Å²) in [4.78, 5) is 19.6. The van der Waals surface area contributed by atoms with E-state index in [0.717, 1.165) is 47.4 Å². The molecule has 3 aromatic rings. The lowest BCUT2D eigenvalue weighted by atomic mass is 9.92. The van der Waals surface area contributed by atoms with Gasteiger partial charge in [0.05, 0.1) is 18.7 Å². The van der Waals surface area contributed by atoms with Crippen LogP contribution >= 0.6 is 0 Å². The van der Waals surface area contributed by atoms with Gasteiger partial charge in [0.25, 0.3) is 5.89 Å². The smallest absolute Gasteiger partial charge is 0.322 e. The molecule has 0 radical (unpaired) electrons. The first-order valence-electron chi connectivity index (χ1n) is 11.8. The van der Waals surface area contributed by atoms with Gasteiger partial charge in [-0.1, -0.05) is 43.1 Å². The quantitative estimate of drug-likeness (QED) is 0.414. The van der Waals surface area contributed by atoms with E-state index in [-0.39, 0.29) is 12.1 Å². The highest BCUT2D eigenvalue weighted by Gasteiger charge is 2.35. The van der Waals surface area contributed by atoms with E-state index in [4.69, 9.17) is 14.2 Å². The third-order valence-corrected chi connectivity index (χ3v) is 6.45. The van der Waals surface area contributed by atoms with Crippen LogP contribution in [0.15, 0.2) is 52.7 Å². The molecule has 34 heavy (non-hydrogen) atoms. The second-order valence-electron chi connectivity index (χ2n) is 8.74. The van der Waals surface area contributed by atoms with E-state index in [0.29, 0.717) is 18.3 Å². The molecule has 0 bridgehead atoms. The van der Waals surface area contributed by atoms with E-state index in [1.54, 1.807) is 12.0 Å². The first-order valence-corrected chi connectivity index (χ1v) is 11.8. The van der Waals surface area contributed by atoms with Crippen molar-refractivity contribution in [3.63, 3.8) is 0 Å². The Kier molecular flexibility index (Phi) is 7.01. The minimum absolute atomic E-state index is 0.101. The Hall–Kier alpha value is -3.61. The lowest BCUT2D eigenvalue weighted by Crippen LogP contribution is -2.46. The van der Waals surface area contributed by atoms with Gasteiger partial charge in [-0.05, 0) is 68.1 Å². The average molecular weight is 461 g/mol. The second kappa shape index (κ2) is 10.1. The minimum Gasteiger partial charge on any atom is -0.497 e. The number of nitrogens with one attached hydrogen (secondary N) is 1. The fourth-order valence-corrected chi connectivity index (χ4v) is 4.23. The largest absolute Gasteiger partial charge is 0.497 e. The summed E-state index contributed by atoms with van der Waals surface area (Å²) in [5.41, 5.74) is 5.85. The Labute approximate surface area is 200 Å². The molecule has 1 unspecified atom stereocenters. The third-order valence-electron chi connectivity index (χ3n) is 6.45. The van der Waals surface area contributed by atoms with Gasteiger partial charge in [-0.15, -0.1) is 0 Å². The van der Waals surface area contributed by atoms with Gasteiger partial charge in [-0.3, -0.25) is 4.90 Å². The number of methoxy groups -OCH3 is 1. The highest BCUT2D eigenvalue weighted by Crippen LogP contribution is 2.38. The van der Waals surface area contributed by atoms with Gasteiger partial charge in [-0.25, -0.2) is 4.79 Å². The van der Waals surface area contributed by atoms with Gasteiger partial charge in [0.15, 0.2) is 0 Å². The summed E-state index contributed by atoms with van der Waals surface area (Å²) in [6.07, 6.45) is 3.09. The number of rotatable bonds is 8. The molecule has 4 rings (SSSR count). The maximum absolute atomic E-state index is 13.1. The molecule has 1 aromatic heterocycles. The summed E-state index contributed by atoms with van der Waals surface area (Å²) in [6, 6.07) is 13.3. The van der Waals surface area contributed by atoms with Gasteiger partial charge >= 0.3 is 6.03 Å². The normalized spacial score (nSPS) is 16.1. The third kappa shape index (κ3) is 4.69. The number of urea groups is 1. The van der Waals surface area contributed by atoms with Gasteiger partial charge in [0, 0.05) is 17.8 Å². The van der Waals surface area contributed by atoms with Crippen LogP contribution in [-0.2, 0) is 0 Å². The molecular formula is C27H32N4O3. The number of allylic oxidation sites excluding steroid dienone is 1. The molecule has 2 amide bonds. The van der Waals surface area contributed by atoms with Crippen molar-refractivity contribution in [1.29, 1.82) is 0 Å². The highest BCUT2D eigenvalue weighted by atomic mass is 16.5. The van der Waals surface area contributed by atoms with Crippen molar-refractivity contribution >= 4 is 11.6 Å². The fourth-order valence-electron chi connectivity index (χ4n) is 4.23. The van der Waals surface area contributed by atoms with Crippen LogP contribution in [0.5, 0.6) is 5.75 Å². The van der Waals surface area contributed by atoms with E-state index >= 15 is 0 Å². The Morgan fingerprint density at radius 2 is 1.82 bits per heavy atom. The number of ether oxygens (including phenoxy) is 1. The maximum Gasteiger partial charge on any atom is 0.322 e. The minimum atomic E-state index is -0.376. The predicted octanol–water partition coefficient (Wildman–Crippen LogP) is 6.05. The van der Waals surface area contributed by atoms with E-state index in [9.17, 15) is 4.79 Å². The SMILES string of the molecule is CCCCCN1C(=O)NC(c2ccc(C)c(C)c2)C(c2nc(-c3ccc(OC)cc3)no2)=C1C. The maximum atomic E-state index is 13.1. The molecule has 0 fully saturated rings. The van der Waals surface area contributed by atoms with Crippen LogP contribution in [0.3, 0.4) is 0 Å². The molecule has 7 heteroatoms. The standard InChI is InChI=1S/C27H32N4O3/c1-6-7-8-15-31-19(4)23(24(28-27(31)32)21-10-9-17(2)18(3)16-21)26-29-25(30-34-26)20-11-13-22(33-5)14-12-20/h9-14,16,24H,6-8,15H2,1-5H3,(H,28,32). The molecule has 1 aliphatic rings. The summed E-state index contributed by atoms with van der Waals surface area (Å²) in [6.45, 7) is 8.92. The number of unbranched alkanes of at least 4 members (excludes halogenated alkanes) is 2. The van der Waals surface area contributed by atoms with E-state index in [1.807, 2.05) is 37.3 Å². The summed E-state index contributed by atoms with van der Waals surface area (Å²) >= 11 is 0. The lowest BCUT2D eigenvalue weighted by molar-refractivity contribution is 0.204. The monoisotopic (exact) mass is 460 g/mol. The Morgan fingerprint density at radius 3 is 2.50 bits per heavy atom. The van der Waals surface area contributed by atoms with E-state index in [2.05, 4.69) is 43.4 Å². The molecule has 0 spiro atoms. The number of nitrogens with zero attached hydrogens (tertiary/aromatic N) is 3. The lowest BCUT2D eigenvalue weighted by Gasteiger charge is -2.35. The van der Waals surface area contributed by atoms with E-state index < -0.39 is 0 Å². The zero-order valence-electron chi connectivity index (χ0n) is 20.5. The van der Waals surface area contributed by atoms with Crippen molar-refractivity contribution in [2.45, 2.75) is 53.0 Å². The molecule has 178 valence electrons. The number of hydrogen-bond acceptors (Lipinski definition) is 5. The van der Waals surface area contributed by atoms with Crippen LogP contribution in [0.1, 0.15) is 61.7 Å². The van der Waals surface area contributed by atoms with Crippen LogP contribution in [-0.4, -0.2) is 34.7 Å². The van der Waals surface area contributed by atoms with Gasteiger partial charge in [0.1, 0.15) is 5.75 Å². The van der Waals surface area contributed by atoms with Crippen LogP contribution in [0, 0.1) is 13.8 Å². The number of carbonyl (C=O) groups is 1. The Morgan fingerprint density at radius 1 is 1.06 bits per heavy atom. The van der Waals surface area contributed by atoms with Crippen molar-refractivity contribution in [2.75, 3.05) is 13.7 Å². The number of carbonyl (C=O) groups excluding carboxylic acids is 1. The molecule has 2 aromatic carbocycles. The summed E-state index contributed by atoms with van der Waals surface area (Å²) < 4.78 is 11.0. The molecular weight excluding hydrogens is 428 g/mol. The highest BCUT2D eigenvalue weighted by molar-refractivity contribution is 5.87. The number of hydrogen-bond donors (Lipinski definition) is 1. The molecule has 0 saturated heterocycles. The number of aromatic nitrogens is 2. The average Bonchev–Trinajstić information content (AvgIpc) is 3.32. The predicted molar refractivity (Wildman–Crippen MR) is 132 cm³/mol. The van der Waals surface area contributed by atoms with Crippen LogP contribution in [0.25, 0.3) is 17.0 Å². The Balaban J connectivity index is 1.76. The molecule has 0 aliphatic carbocycles. The number of amides is 2. The summed E-state index contributed by atoms with van der Waals surface area (Å²) in [7, 11) is 1.63. The van der Waals surface area contributed by atoms with Crippen molar-refractivity contribution in [2.24, 2.45) is 0 Å². The Bertz CT molecular complexity index is 1200. The zero-order valence-corrected chi connectivity index (χ0v) is 20.5. The second-order valence-corrected chi connectivity index (χ2v) is 8.74. The molecule has 1 atom stereocenters. The fraction of sp³-hybridized carbons (Fsp3) is 0.370. The number of aryl methyl sites for hydroxylation is 2. The van der Waals surface area contributed by atoms with Crippen LogP contribution < -0.4 is 10.1 Å². The number of benzene rings is 2. The van der Waals surface area contributed by atoms with Crippen LogP contribution in [0.2, 0.25) is 0 Å². The summed E-state index contributed by atoms with van der Waals surface area (Å²) in [5, 5.41) is 7.42. The molecule has 0 saturated carbocycles. The summed E-state index contributed by atoms with van der Waals surface area (Å²) in [5.74, 6) is 1.66. The van der Waals surface area contributed by atoms with Crippen molar-refractivity contribution in [1.82, 2.24) is 20.4 Å². The van der Waals surface area contributed by atoms with Crippen molar-refractivity contribution in [3.8, 4) is 17.1 Å². The molecule has 1 aliphatic heterocycles. The van der Waals surface area contributed by atoms with Gasteiger partial charge in [-0.2, -0.15) is 4.98 Å². The van der Waals surface area contributed by atoms with Gasteiger partial charge < -0.3 is 14.6 Å². The zero-order chi connectivity index (χ0) is 24.2. The molecule has 1 N–H and O–H groups in total. The topological polar surface area (TPSA) is 80.5 Å². The first kappa shape index (κ1) is 23.5. The first-order chi connectivity index (χ1) is 16.4. The molecule has 2 heterocycles. The van der Waals surface area contributed by atoms with Gasteiger partial charge in [0.2, 0.25) is 5.82 Å². The van der Waals surface area contributed by atoms with Crippen molar-refractivity contribution in [3.05, 3.63) is 70.7 Å².